The maximum Gasteiger partial charge on any atom is 0.227 e. The molecule has 1 heterocycles. The van der Waals surface area contributed by atoms with Gasteiger partial charge in [0.25, 0.3) is 0 Å². The predicted octanol–water partition coefficient (Wildman–Crippen LogP) is -1.02. The number of ether oxygens (including phenoxy) is 1. The van der Waals surface area contributed by atoms with Crippen molar-refractivity contribution in [2.75, 3.05) is 33.9 Å². The highest BCUT2D eigenvalue weighted by Gasteiger charge is 2.27. The van der Waals surface area contributed by atoms with Crippen LogP contribution in [0.4, 0.5) is 0 Å². The van der Waals surface area contributed by atoms with Crippen LogP contribution in [0, 0.1) is 5.92 Å². The molecule has 0 bridgehead atoms. The van der Waals surface area contributed by atoms with Crippen molar-refractivity contribution < 1.29 is 19.4 Å². The molecule has 0 aromatic heterocycles. The highest BCUT2D eigenvalue weighted by molar-refractivity contribution is 5.83. The first kappa shape index (κ1) is 13.9. The Morgan fingerprint density at radius 1 is 1.71 bits per heavy atom. The lowest BCUT2D eigenvalue weighted by atomic mass is 9.98. The van der Waals surface area contributed by atoms with Gasteiger partial charge in [-0.3, -0.25) is 9.59 Å². The number of nitrogens with one attached hydrogen (secondary N) is 1. The summed E-state index contributed by atoms with van der Waals surface area (Å²) in [6, 6.07) is 0. The molecule has 0 radical (unpaired) electrons. The third-order valence-corrected chi connectivity index (χ3v) is 2.83. The minimum Gasteiger partial charge on any atom is -0.389 e. The molecule has 1 rings (SSSR count). The molecule has 1 saturated heterocycles. The number of hydrogen-bond donors (Lipinski definition) is 2. The fourth-order valence-corrected chi connectivity index (χ4v) is 1.91. The average Bonchev–Trinajstić information content (AvgIpc) is 2.29. The number of carbonyl (C=O) groups excluding carboxylic acids is 2. The molecule has 0 aromatic carbocycles. The van der Waals surface area contributed by atoms with E-state index in [1.807, 2.05) is 0 Å². The Hall–Kier alpha value is -1.14. The topological polar surface area (TPSA) is 78.9 Å². The highest BCUT2D eigenvalue weighted by Crippen LogP contribution is 2.13. The van der Waals surface area contributed by atoms with Gasteiger partial charge in [-0.05, 0) is 6.42 Å². The van der Waals surface area contributed by atoms with Crippen molar-refractivity contribution in [2.24, 2.45) is 5.92 Å². The molecule has 2 N–H and O–H groups in total. The third kappa shape index (κ3) is 4.32. The second kappa shape index (κ2) is 6.56. The van der Waals surface area contributed by atoms with Crippen LogP contribution in [0.15, 0.2) is 0 Å². The monoisotopic (exact) mass is 244 g/mol. The van der Waals surface area contributed by atoms with E-state index < -0.39 is 6.10 Å². The van der Waals surface area contributed by atoms with E-state index in [9.17, 15) is 14.7 Å². The fraction of sp³-hybridized carbons (Fsp3) is 0.818. The van der Waals surface area contributed by atoms with Gasteiger partial charge >= 0.3 is 0 Å². The summed E-state index contributed by atoms with van der Waals surface area (Å²) in [6.45, 7) is 0.846. The fourth-order valence-electron chi connectivity index (χ4n) is 1.91. The molecule has 1 fully saturated rings. The van der Waals surface area contributed by atoms with Crippen LogP contribution in [-0.4, -0.2) is 61.8 Å². The first-order chi connectivity index (χ1) is 8.04. The molecule has 0 aromatic rings. The predicted molar refractivity (Wildman–Crippen MR) is 61.3 cm³/mol. The SMILES string of the molecule is COCC(O)CN(C)C(=O)C1CCC(=O)NC1. The lowest BCUT2D eigenvalue weighted by molar-refractivity contribution is -0.137. The summed E-state index contributed by atoms with van der Waals surface area (Å²) in [5, 5.41) is 12.2. The second-order valence-electron chi connectivity index (χ2n) is 4.37. The minimum atomic E-state index is -0.674. The summed E-state index contributed by atoms with van der Waals surface area (Å²) in [5.74, 6) is -0.219. The van der Waals surface area contributed by atoms with Gasteiger partial charge in [-0.25, -0.2) is 0 Å². The van der Waals surface area contributed by atoms with Crippen molar-refractivity contribution in [2.45, 2.75) is 18.9 Å². The van der Waals surface area contributed by atoms with Gasteiger partial charge in [0.1, 0.15) is 0 Å². The Kier molecular flexibility index (Phi) is 5.37. The normalized spacial score (nSPS) is 21.8. The lowest BCUT2D eigenvalue weighted by Crippen LogP contribution is -2.45. The zero-order valence-corrected chi connectivity index (χ0v) is 10.3. The standard InChI is InChI=1S/C11H20N2O4/c1-13(6-9(14)7-17-2)11(16)8-3-4-10(15)12-5-8/h8-9,14H,3-7H2,1-2H3,(H,12,15). The van der Waals surface area contributed by atoms with Gasteiger partial charge in [-0.2, -0.15) is 0 Å². The summed E-state index contributed by atoms with van der Waals surface area (Å²) in [6.07, 6.45) is 0.299. The van der Waals surface area contributed by atoms with Crippen molar-refractivity contribution in [3.05, 3.63) is 0 Å². The van der Waals surface area contributed by atoms with Crippen molar-refractivity contribution in [1.82, 2.24) is 10.2 Å². The smallest absolute Gasteiger partial charge is 0.227 e. The number of likely N-dealkylation sites (N-methyl/N-ethyl adjacent to an activating group) is 1. The van der Waals surface area contributed by atoms with Crippen molar-refractivity contribution in [3.8, 4) is 0 Å². The number of carbonyl (C=O) groups is 2. The summed E-state index contributed by atoms with van der Waals surface area (Å²) >= 11 is 0. The van der Waals surface area contributed by atoms with Gasteiger partial charge in [-0.15, -0.1) is 0 Å². The zero-order valence-electron chi connectivity index (χ0n) is 10.3. The maximum absolute atomic E-state index is 12.0. The average molecular weight is 244 g/mol. The van der Waals surface area contributed by atoms with E-state index in [2.05, 4.69) is 5.32 Å². The van der Waals surface area contributed by atoms with Crippen LogP contribution < -0.4 is 5.32 Å². The van der Waals surface area contributed by atoms with Gasteiger partial charge in [0, 0.05) is 33.7 Å². The Morgan fingerprint density at radius 3 is 2.94 bits per heavy atom. The van der Waals surface area contributed by atoms with E-state index in [-0.39, 0.29) is 30.9 Å². The number of piperidine rings is 1. The third-order valence-electron chi connectivity index (χ3n) is 2.83. The maximum atomic E-state index is 12.0. The molecule has 1 aliphatic rings. The van der Waals surface area contributed by atoms with Crippen LogP contribution in [0.1, 0.15) is 12.8 Å². The zero-order chi connectivity index (χ0) is 12.8. The van der Waals surface area contributed by atoms with Crippen LogP contribution in [0.5, 0.6) is 0 Å². The van der Waals surface area contributed by atoms with Gasteiger partial charge in [0.15, 0.2) is 0 Å². The Morgan fingerprint density at radius 2 is 2.41 bits per heavy atom. The van der Waals surface area contributed by atoms with E-state index in [0.29, 0.717) is 19.4 Å². The Labute approximate surface area is 101 Å². The molecule has 0 aliphatic carbocycles. The van der Waals surface area contributed by atoms with Gasteiger partial charge in [0.05, 0.1) is 18.6 Å². The van der Waals surface area contributed by atoms with Crippen LogP contribution in [0.3, 0.4) is 0 Å². The van der Waals surface area contributed by atoms with Gasteiger partial charge in [0.2, 0.25) is 11.8 Å². The largest absolute Gasteiger partial charge is 0.389 e. The van der Waals surface area contributed by atoms with Crippen molar-refractivity contribution in [1.29, 1.82) is 0 Å². The Bertz CT molecular complexity index is 273. The first-order valence-electron chi connectivity index (χ1n) is 5.73. The van der Waals surface area contributed by atoms with E-state index in [4.69, 9.17) is 4.74 Å². The quantitative estimate of drug-likeness (QED) is 0.649. The van der Waals surface area contributed by atoms with E-state index in [0.717, 1.165) is 0 Å². The number of aliphatic hydroxyl groups excluding tert-OH is 1. The van der Waals surface area contributed by atoms with E-state index in [1.165, 1.54) is 12.0 Å². The van der Waals surface area contributed by atoms with Crippen LogP contribution in [-0.2, 0) is 14.3 Å². The number of hydrogen-bond acceptors (Lipinski definition) is 4. The van der Waals surface area contributed by atoms with Gasteiger partial charge < -0.3 is 20.1 Å². The number of aliphatic hydroxyl groups is 1. The lowest BCUT2D eigenvalue weighted by Gasteiger charge is -2.27. The molecule has 6 nitrogen and oxygen atoms in total. The molecule has 17 heavy (non-hydrogen) atoms. The number of amides is 2. The van der Waals surface area contributed by atoms with Crippen LogP contribution >= 0.6 is 0 Å². The van der Waals surface area contributed by atoms with Crippen LogP contribution in [0.2, 0.25) is 0 Å². The molecule has 0 spiro atoms. The molecule has 2 unspecified atom stereocenters. The van der Waals surface area contributed by atoms with Crippen molar-refractivity contribution in [3.63, 3.8) is 0 Å². The molecular formula is C11H20N2O4. The summed E-state index contributed by atoms with van der Waals surface area (Å²) < 4.78 is 4.80. The van der Waals surface area contributed by atoms with Gasteiger partial charge in [-0.1, -0.05) is 0 Å². The molecule has 0 saturated carbocycles. The molecule has 2 atom stereocenters. The highest BCUT2D eigenvalue weighted by atomic mass is 16.5. The number of nitrogens with zero attached hydrogens (tertiary/aromatic N) is 1. The number of rotatable bonds is 5. The second-order valence-corrected chi connectivity index (χ2v) is 4.37. The summed E-state index contributed by atoms with van der Waals surface area (Å²) in [4.78, 5) is 24.4. The first-order valence-corrected chi connectivity index (χ1v) is 5.73. The Balaban J connectivity index is 2.38. The minimum absolute atomic E-state index is 0.00359. The molecule has 6 heteroatoms. The number of methoxy groups -OCH3 is 1. The molecule has 1 aliphatic heterocycles. The van der Waals surface area contributed by atoms with Crippen molar-refractivity contribution >= 4 is 11.8 Å². The summed E-state index contributed by atoms with van der Waals surface area (Å²) in [7, 11) is 3.15. The summed E-state index contributed by atoms with van der Waals surface area (Å²) in [5.41, 5.74) is 0. The van der Waals surface area contributed by atoms with E-state index in [1.54, 1.807) is 7.05 Å². The van der Waals surface area contributed by atoms with E-state index >= 15 is 0 Å². The molecule has 2 amide bonds. The molecule has 98 valence electrons. The molecular weight excluding hydrogens is 224 g/mol. The van der Waals surface area contributed by atoms with Crippen LogP contribution in [0.25, 0.3) is 0 Å².